The molecule has 1 amide bonds. The van der Waals surface area contributed by atoms with E-state index in [1.54, 1.807) is 24.3 Å². The Kier molecular flexibility index (Phi) is 5.81. The van der Waals surface area contributed by atoms with Crippen molar-refractivity contribution < 1.29 is 9.53 Å². The van der Waals surface area contributed by atoms with Crippen LogP contribution < -0.4 is 10.2 Å². The Morgan fingerprint density at radius 3 is 2.59 bits per heavy atom. The Morgan fingerprint density at radius 2 is 1.91 bits per heavy atom. The van der Waals surface area contributed by atoms with Gasteiger partial charge in [0.05, 0.1) is 16.3 Å². The van der Waals surface area contributed by atoms with Crippen molar-refractivity contribution in [2.24, 2.45) is 5.10 Å². The van der Waals surface area contributed by atoms with Gasteiger partial charge in [0.25, 0.3) is 5.91 Å². The van der Waals surface area contributed by atoms with E-state index >= 15 is 0 Å². The van der Waals surface area contributed by atoms with Crippen molar-refractivity contribution in [2.45, 2.75) is 6.92 Å². The Balaban J connectivity index is 1.86. The van der Waals surface area contributed by atoms with Crippen molar-refractivity contribution in [3.63, 3.8) is 0 Å². The Hall–Kier alpha value is -2.04. The normalized spacial score (nSPS) is 10.7. The van der Waals surface area contributed by atoms with E-state index in [9.17, 15) is 4.79 Å². The lowest BCUT2D eigenvalue weighted by atomic mass is 10.2. The number of aryl methyl sites for hydroxylation is 1. The molecule has 0 saturated heterocycles. The van der Waals surface area contributed by atoms with Crippen LogP contribution in [0.4, 0.5) is 0 Å². The number of hydrogen-bond acceptors (Lipinski definition) is 3. The largest absolute Gasteiger partial charge is 0.484 e. The van der Waals surface area contributed by atoms with Crippen molar-refractivity contribution >= 4 is 35.3 Å². The van der Waals surface area contributed by atoms with Gasteiger partial charge in [0.2, 0.25) is 0 Å². The minimum absolute atomic E-state index is 0.128. The highest BCUT2D eigenvalue weighted by atomic mass is 35.5. The summed E-state index contributed by atoms with van der Waals surface area (Å²) in [7, 11) is 0. The van der Waals surface area contributed by atoms with Crippen LogP contribution in [0.15, 0.2) is 47.6 Å². The first-order chi connectivity index (χ1) is 10.6. The molecular formula is C16H14Cl2N2O2. The number of nitrogens with one attached hydrogen (secondary N) is 1. The van der Waals surface area contributed by atoms with Gasteiger partial charge < -0.3 is 4.74 Å². The number of hydrogen-bond donors (Lipinski definition) is 1. The Labute approximate surface area is 138 Å². The van der Waals surface area contributed by atoms with Gasteiger partial charge in [0.15, 0.2) is 6.61 Å². The lowest BCUT2D eigenvalue weighted by Gasteiger charge is -2.05. The molecule has 1 N–H and O–H groups in total. The minimum atomic E-state index is -0.374. The van der Waals surface area contributed by atoms with Gasteiger partial charge in [0.1, 0.15) is 5.75 Å². The predicted octanol–water partition coefficient (Wildman–Crippen LogP) is 3.83. The van der Waals surface area contributed by atoms with Crippen LogP contribution in [0.3, 0.4) is 0 Å². The summed E-state index contributed by atoms with van der Waals surface area (Å²) in [6, 6.07) is 12.6. The van der Waals surface area contributed by atoms with Crippen LogP contribution in [-0.4, -0.2) is 18.7 Å². The van der Waals surface area contributed by atoms with Gasteiger partial charge in [-0.15, -0.1) is 0 Å². The van der Waals surface area contributed by atoms with E-state index in [2.05, 4.69) is 10.5 Å². The SMILES string of the molecule is Cc1cccc(OCC(=O)N/N=C/c2c(Cl)cccc2Cl)c1. The molecule has 0 spiro atoms. The lowest BCUT2D eigenvalue weighted by Crippen LogP contribution is -2.24. The van der Waals surface area contributed by atoms with Crippen LogP contribution in [0, 0.1) is 6.92 Å². The van der Waals surface area contributed by atoms with E-state index < -0.39 is 0 Å². The van der Waals surface area contributed by atoms with Gasteiger partial charge in [-0.05, 0) is 36.8 Å². The van der Waals surface area contributed by atoms with Gasteiger partial charge >= 0.3 is 0 Å². The second kappa shape index (κ2) is 7.82. The Morgan fingerprint density at radius 1 is 1.23 bits per heavy atom. The number of ether oxygens (including phenoxy) is 1. The number of benzene rings is 2. The van der Waals surface area contributed by atoms with Crippen LogP contribution in [0.5, 0.6) is 5.75 Å². The molecule has 0 bridgehead atoms. The molecule has 0 saturated carbocycles. The summed E-state index contributed by atoms with van der Waals surface area (Å²) in [5.74, 6) is 0.259. The van der Waals surface area contributed by atoms with E-state index in [1.807, 2.05) is 25.1 Å². The van der Waals surface area contributed by atoms with Crippen molar-refractivity contribution in [1.29, 1.82) is 0 Å². The molecule has 0 heterocycles. The van der Waals surface area contributed by atoms with Crippen LogP contribution in [0.2, 0.25) is 10.0 Å². The van der Waals surface area contributed by atoms with E-state index in [0.717, 1.165) is 5.56 Å². The molecule has 2 rings (SSSR count). The molecule has 2 aromatic carbocycles. The second-order valence-corrected chi connectivity index (χ2v) is 5.35. The maximum absolute atomic E-state index is 11.6. The first kappa shape index (κ1) is 16.3. The molecule has 22 heavy (non-hydrogen) atoms. The highest BCUT2D eigenvalue weighted by Crippen LogP contribution is 2.21. The third-order valence-electron chi connectivity index (χ3n) is 2.74. The van der Waals surface area contributed by atoms with Crippen LogP contribution >= 0.6 is 23.2 Å². The van der Waals surface area contributed by atoms with Gasteiger partial charge in [-0.3, -0.25) is 4.79 Å². The molecule has 0 aliphatic rings. The number of nitrogens with zero attached hydrogens (tertiary/aromatic N) is 1. The zero-order valence-electron chi connectivity index (χ0n) is 11.8. The smallest absolute Gasteiger partial charge is 0.277 e. The van der Waals surface area contributed by atoms with Gasteiger partial charge in [-0.2, -0.15) is 5.10 Å². The van der Waals surface area contributed by atoms with Gasteiger partial charge in [0, 0.05) is 5.56 Å². The molecule has 0 unspecified atom stereocenters. The van der Waals surface area contributed by atoms with E-state index in [-0.39, 0.29) is 12.5 Å². The first-order valence-electron chi connectivity index (χ1n) is 6.51. The summed E-state index contributed by atoms with van der Waals surface area (Å²) in [6.45, 7) is 1.82. The molecule has 2 aromatic rings. The lowest BCUT2D eigenvalue weighted by molar-refractivity contribution is -0.123. The van der Waals surface area contributed by atoms with Gasteiger partial charge in [-0.1, -0.05) is 41.4 Å². The zero-order chi connectivity index (χ0) is 15.9. The number of halogens is 2. The molecule has 114 valence electrons. The molecule has 0 radical (unpaired) electrons. The molecule has 0 aromatic heterocycles. The van der Waals surface area contributed by atoms with Crippen molar-refractivity contribution in [1.82, 2.24) is 5.43 Å². The summed E-state index contributed by atoms with van der Waals surface area (Å²) in [4.78, 5) is 11.6. The summed E-state index contributed by atoms with van der Waals surface area (Å²) in [5.41, 5.74) is 3.97. The van der Waals surface area contributed by atoms with E-state index in [1.165, 1.54) is 6.21 Å². The molecule has 6 heteroatoms. The number of rotatable bonds is 5. The van der Waals surface area contributed by atoms with Crippen LogP contribution in [0.1, 0.15) is 11.1 Å². The minimum Gasteiger partial charge on any atom is -0.484 e. The zero-order valence-corrected chi connectivity index (χ0v) is 13.4. The molecule has 0 aliphatic carbocycles. The monoisotopic (exact) mass is 336 g/mol. The topological polar surface area (TPSA) is 50.7 Å². The average molecular weight is 337 g/mol. The third-order valence-corrected chi connectivity index (χ3v) is 3.40. The fraction of sp³-hybridized carbons (Fsp3) is 0.125. The average Bonchev–Trinajstić information content (AvgIpc) is 2.48. The van der Waals surface area contributed by atoms with Gasteiger partial charge in [-0.25, -0.2) is 5.43 Å². The van der Waals surface area contributed by atoms with E-state index in [0.29, 0.717) is 21.4 Å². The molecule has 0 aliphatic heterocycles. The Bertz CT molecular complexity index is 682. The first-order valence-corrected chi connectivity index (χ1v) is 7.27. The third kappa shape index (κ3) is 4.76. The number of carbonyl (C=O) groups is 1. The fourth-order valence-electron chi connectivity index (χ4n) is 1.69. The number of carbonyl (C=O) groups excluding carboxylic acids is 1. The summed E-state index contributed by atoms with van der Waals surface area (Å²) >= 11 is 12.0. The second-order valence-electron chi connectivity index (χ2n) is 4.53. The predicted molar refractivity (Wildman–Crippen MR) is 88.9 cm³/mol. The summed E-state index contributed by atoms with van der Waals surface area (Å²) in [6.07, 6.45) is 1.40. The van der Waals surface area contributed by atoms with Crippen molar-refractivity contribution in [2.75, 3.05) is 6.61 Å². The standard InChI is InChI=1S/C16H14Cl2N2O2/c1-11-4-2-5-12(8-11)22-10-16(21)20-19-9-13-14(17)6-3-7-15(13)18/h2-9H,10H2,1H3,(H,20,21)/b19-9+. The highest BCUT2D eigenvalue weighted by molar-refractivity contribution is 6.38. The quantitative estimate of drug-likeness (QED) is 0.666. The molecular weight excluding hydrogens is 323 g/mol. The number of hydrazone groups is 1. The fourth-order valence-corrected chi connectivity index (χ4v) is 2.18. The summed E-state index contributed by atoms with van der Waals surface area (Å²) in [5, 5.41) is 4.74. The molecule has 0 atom stereocenters. The van der Waals surface area contributed by atoms with Crippen LogP contribution in [-0.2, 0) is 4.79 Å². The van der Waals surface area contributed by atoms with Crippen LogP contribution in [0.25, 0.3) is 0 Å². The highest BCUT2D eigenvalue weighted by Gasteiger charge is 2.04. The molecule has 4 nitrogen and oxygen atoms in total. The van der Waals surface area contributed by atoms with Crippen molar-refractivity contribution in [3.05, 3.63) is 63.6 Å². The molecule has 0 fully saturated rings. The maximum atomic E-state index is 11.6. The van der Waals surface area contributed by atoms with E-state index in [4.69, 9.17) is 27.9 Å². The van der Waals surface area contributed by atoms with Crippen molar-refractivity contribution in [3.8, 4) is 5.75 Å². The summed E-state index contributed by atoms with van der Waals surface area (Å²) < 4.78 is 5.36. The maximum Gasteiger partial charge on any atom is 0.277 e. The number of amides is 1.